The Labute approximate surface area is 205 Å². The number of rotatable bonds is 6. The third-order valence-electron chi connectivity index (χ3n) is 6.42. The summed E-state index contributed by atoms with van der Waals surface area (Å²) in [7, 11) is 0. The number of benzene rings is 2. The first kappa shape index (κ1) is 24.1. The van der Waals surface area contributed by atoms with Gasteiger partial charge in [-0.3, -0.25) is 14.4 Å². The van der Waals surface area contributed by atoms with Crippen molar-refractivity contribution in [3.8, 4) is 5.75 Å². The molecule has 8 heteroatoms. The van der Waals surface area contributed by atoms with Gasteiger partial charge in [0.1, 0.15) is 5.75 Å². The molecule has 3 amide bonds. The van der Waals surface area contributed by atoms with E-state index in [0.717, 1.165) is 18.6 Å². The minimum Gasteiger partial charge on any atom is -0.493 e. The van der Waals surface area contributed by atoms with Crippen molar-refractivity contribution >= 4 is 29.3 Å². The number of carbonyl (C=O) groups is 3. The van der Waals surface area contributed by atoms with Crippen LogP contribution in [0, 0.1) is 5.92 Å². The van der Waals surface area contributed by atoms with Crippen LogP contribution in [0.1, 0.15) is 29.6 Å². The van der Waals surface area contributed by atoms with E-state index in [9.17, 15) is 14.4 Å². The second-order valence-electron chi connectivity index (χ2n) is 8.71. The highest BCUT2D eigenvalue weighted by molar-refractivity contribution is 6.30. The molecule has 0 aromatic heterocycles. The average Bonchev–Trinajstić information content (AvgIpc) is 2.89. The van der Waals surface area contributed by atoms with Gasteiger partial charge >= 0.3 is 0 Å². The normalized spacial score (nSPS) is 18.5. The fraction of sp³-hybridized carbons (Fsp3) is 0.423. The molecular weight excluding hydrogens is 454 g/mol. The fourth-order valence-electron chi connectivity index (χ4n) is 4.50. The average molecular weight is 484 g/mol. The second-order valence-corrected chi connectivity index (χ2v) is 9.15. The van der Waals surface area contributed by atoms with E-state index in [4.69, 9.17) is 16.3 Å². The molecule has 34 heavy (non-hydrogen) atoms. The maximum Gasteiger partial charge on any atom is 0.253 e. The molecule has 2 aliphatic heterocycles. The van der Waals surface area contributed by atoms with E-state index in [0.29, 0.717) is 62.9 Å². The largest absolute Gasteiger partial charge is 0.493 e. The lowest BCUT2D eigenvalue weighted by Crippen LogP contribution is -2.54. The van der Waals surface area contributed by atoms with Crippen molar-refractivity contribution in [2.24, 2.45) is 5.92 Å². The number of halogens is 1. The van der Waals surface area contributed by atoms with Crippen LogP contribution in [0.4, 0.5) is 0 Å². The summed E-state index contributed by atoms with van der Waals surface area (Å²) >= 11 is 5.91. The monoisotopic (exact) mass is 483 g/mol. The van der Waals surface area contributed by atoms with E-state index in [-0.39, 0.29) is 23.6 Å². The van der Waals surface area contributed by atoms with E-state index in [2.05, 4.69) is 0 Å². The van der Waals surface area contributed by atoms with Crippen LogP contribution in [0.5, 0.6) is 5.75 Å². The lowest BCUT2D eigenvalue weighted by molar-refractivity contribution is -0.142. The first-order valence-corrected chi connectivity index (χ1v) is 12.2. The molecule has 0 bridgehead atoms. The van der Waals surface area contributed by atoms with Gasteiger partial charge in [0, 0.05) is 49.9 Å². The maximum atomic E-state index is 13.1. The van der Waals surface area contributed by atoms with Crippen LogP contribution in [-0.2, 0) is 9.59 Å². The molecular formula is C26H30ClN3O4. The van der Waals surface area contributed by atoms with Gasteiger partial charge < -0.3 is 19.4 Å². The summed E-state index contributed by atoms with van der Waals surface area (Å²) in [6.45, 7) is 3.46. The highest BCUT2D eigenvalue weighted by Crippen LogP contribution is 2.21. The molecule has 0 saturated carbocycles. The summed E-state index contributed by atoms with van der Waals surface area (Å²) in [5.74, 6) is 0.612. The standard InChI is InChI=1S/C26H30ClN3O4/c27-22-10-8-20(9-11-22)25(32)28-14-16-29(17-15-28)26(33)21-5-4-13-30(19-21)24(31)12-18-34-23-6-2-1-3-7-23/h1-3,6-11,21H,4-5,12-19H2. The van der Waals surface area contributed by atoms with Crippen molar-refractivity contribution in [2.45, 2.75) is 19.3 Å². The van der Waals surface area contributed by atoms with E-state index < -0.39 is 0 Å². The summed E-state index contributed by atoms with van der Waals surface area (Å²) < 4.78 is 5.64. The molecule has 2 fully saturated rings. The van der Waals surface area contributed by atoms with Crippen molar-refractivity contribution in [3.63, 3.8) is 0 Å². The predicted molar refractivity (Wildman–Crippen MR) is 130 cm³/mol. The van der Waals surface area contributed by atoms with Gasteiger partial charge in [0.15, 0.2) is 0 Å². The Bertz CT molecular complexity index is 991. The number of nitrogens with zero attached hydrogens (tertiary/aromatic N) is 3. The highest BCUT2D eigenvalue weighted by Gasteiger charge is 2.33. The van der Waals surface area contributed by atoms with Crippen molar-refractivity contribution < 1.29 is 19.1 Å². The number of hydrogen-bond acceptors (Lipinski definition) is 4. The zero-order valence-corrected chi connectivity index (χ0v) is 20.0. The summed E-state index contributed by atoms with van der Waals surface area (Å²) in [6, 6.07) is 16.3. The van der Waals surface area contributed by atoms with Gasteiger partial charge in [-0.15, -0.1) is 0 Å². The number of piperazine rings is 1. The maximum absolute atomic E-state index is 13.1. The van der Waals surface area contributed by atoms with Crippen molar-refractivity contribution in [1.29, 1.82) is 0 Å². The van der Waals surface area contributed by atoms with Crippen molar-refractivity contribution in [3.05, 3.63) is 65.2 Å². The molecule has 0 radical (unpaired) electrons. The van der Waals surface area contributed by atoms with Crippen LogP contribution in [0.25, 0.3) is 0 Å². The van der Waals surface area contributed by atoms with Gasteiger partial charge in [0.25, 0.3) is 5.91 Å². The molecule has 7 nitrogen and oxygen atoms in total. The zero-order chi connectivity index (χ0) is 23.9. The minimum absolute atomic E-state index is 0.0202. The van der Waals surface area contributed by atoms with Crippen molar-refractivity contribution in [2.75, 3.05) is 45.9 Å². The van der Waals surface area contributed by atoms with Crippen LogP contribution in [0.3, 0.4) is 0 Å². The Morgan fingerprint density at radius 3 is 2.24 bits per heavy atom. The Hall–Kier alpha value is -3.06. The number of ether oxygens (including phenoxy) is 1. The number of piperidine rings is 1. The van der Waals surface area contributed by atoms with Crippen LogP contribution < -0.4 is 4.74 Å². The third kappa shape index (κ3) is 6.08. The van der Waals surface area contributed by atoms with Gasteiger partial charge in [-0.2, -0.15) is 0 Å². The van der Waals surface area contributed by atoms with Gasteiger partial charge in [-0.05, 0) is 49.2 Å². The Balaban J connectivity index is 1.23. The summed E-state index contributed by atoms with van der Waals surface area (Å²) in [4.78, 5) is 43.9. The van der Waals surface area contributed by atoms with Crippen LogP contribution in [0.2, 0.25) is 5.02 Å². The summed E-state index contributed by atoms with van der Waals surface area (Å²) in [6.07, 6.45) is 1.89. The van der Waals surface area contributed by atoms with Crippen LogP contribution in [-0.4, -0.2) is 78.3 Å². The Kier molecular flexibility index (Phi) is 8.06. The summed E-state index contributed by atoms with van der Waals surface area (Å²) in [5, 5.41) is 0.593. The first-order valence-electron chi connectivity index (χ1n) is 11.8. The molecule has 1 unspecified atom stereocenters. The van der Waals surface area contributed by atoms with Gasteiger partial charge in [-0.1, -0.05) is 29.8 Å². The lowest BCUT2D eigenvalue weighted by atomic mass is 9.96. The Morgan fingerprint density at radius 1 is 0.853 bits per heavy atom. The van der Waals surface area contributed by atoms with Crippen LogP contribution in [0.15, 0.2) is 54.6 Å². The molecule has 180 valence electrons. The number of carbonyl (C=O) groups excluding carboxylic acids is 3. The number of hydrogen-bond donors (Lipinski definition) is 0. The Morgan fingerprint density at radius 2 is 1.53 bits per heavy atom. The number of para-hydroxylation sites is 1. The van der Waals surface area contributed by atoms with E-state index in [1.807, 2.05) is 35.2 Å². The van der Waals surface area contributed by atoms with Gasteiger partial charge in [0.05, 0.1) is 18.9 Å². The fourth-order valence-corrected chi connectivity index (χ4v) is 4.63. The molecule has 2 aliphatic rings. The molecule has 0 aliphatic carbocycles. The quantitative estimate of drug-likeness (QED) is 0.632. The van der Waals surface area contributed by atoms with Gasteiger partial charge in [-0.25, -0.2) is 0 Å². The molecule has 0 spiro atoms. The smallest absolute Gasteiger partial charge is 0.253 e. The SMILES string of the molecule is O=C(CCOc1ccccc1)N1CCCC(C(=O)N2CCN(C(=O)c3ccc(Cl)cc3)CC2)C1. The van der Waals surface area contributed by atoms with E-state index in [1.165, 1.54) is 0 Å². The third-order valence-corrected chi connectivity index (χ3v) is 6.67. The number of likely N-dealkylation sites (tertiary alicyclic amines) is 1. The molecule has 4 rings (SSSR count). The summed E-state index contributed by atoms with van der Waals surface area (Å²) in [5.41, 5.74) is 0.599. The lowest BCUT2D eigenvalue weighted by Gasteiger charge is -2.39. The zero-order valence-electron chi connectivity index (χ0n) is 19.2. The topological polar surface area (TPSA) is 70.2 Å². The molecule has 2 aromatic rings. The number of amides is 3. The predicted octanol–water partition coefficient (Wildman–Crippen LogP) is 3.33. The van der Waals surface area contributed by atoms with E-state index >= 15 is 0 Å². The second kappa shape index (κ2) is 11.4. The van der Waals surface area contributed by atoms with Gasteiger partial charge in [0.2, 0.25) is 11.8 Å². The highest BCUT2D eigenvalue weighted by atomic mass is 35.5. The van der Waals surface area contributed by atoms with Crippen molar-refractivity contribution in [1.82, 2.24) is 14.7 Å². The first-order chi connectivity index (χ1) is 16.5. The molecule has 0 N–H and O–H groups in total. The molecule has 1 atom stereocenters. The van der Waals surface area contributed by atoms with Crippen LogP contribution >= 0.6 is 11.6 Å². The molecule has 2 saturated heterocycles. The van der Waals surface area contributed by atoms with E-state index in [1.54, 1.807) is 34.1 Å². The molecule has 2 heterocycles. The minimum atomic E-state index is -0.189. The molecule has 2 aromatic carbocycles.